The third-order valence-electron chi connectivity index (χ3n) is 2.71. The van der Waals surface area contributed by atoms with Crippen LogP contribution >= 0.6 is 0 Å². The number of nitrogens with two attached hydrogens (primary N) is 1. The van der Waals surface area contributed by atoms with Gasteiger partial charge < -0.3 is 20.5 Å². The molecule has 7 nitrogen and oxygen atoms in total. The number of aryl methyl sites for hydroxylation is 1. The minimum Gasteiger partial charge on any atom is -0.397 e. The summed E-state index contributed by atoms with van der Waals surface area (Å²) in [5.74, 6) is 0.959. The molecule has 0 radical (unpaired) electrons. The maximum atomic E-state index is 11.9. The summed E-state index contributed by atoms with van der Waals surface area (Å²) >= 11 is 0. The number of nitrogens with zero attached hydrogens (tertiary/aromatic N) is 3. The highest BCUT2D eigenvalue weighted by atomic mass is 16.5. The number of rotatable bonds is 4. The lowest BCUT2D eigenvalue weighted by Gasteiger charge is -2.13. The van der Waals surface area contributed by atoms with Crippen molar-refractivity contribution in [1.29, 1.82) is 0 Å². The van der Waals surface area contributed by atoms with Gasteiger partial charge in [-0.15, -0.1) is 0 Å². The van der Waals surface area contributed by atoms with Gasteiger partial charge in [0.25, 0.3) is 5.91 Å². The van der Waals surface area contributed by atoms with E-state index in [4.69, 9.17) is 10.3 Å². The van der Waals surface area contributed by atoms with Gasteiger partial charge in [-0.05, 0) is 18.2 Å². The van der Waals surface area contributed by atoms with Crippen molar-refractivity contribution in [3.8, 4) is 0 Å². The number of anilines is 2. The second kappa shape index (κ2) is 5.60. The van der Waals surface area contributed by atoms with E-state index in [1.807, 2.05) is 0 Å². The van der Waals surface area contributed by atoms with Gasteiger partial charge in [0, 0.05) is 26.6 Å². The van der Waals surface area contributed by atoms with Crippen molar-refractivity contribution in [2.45, 2.75) is 13.5 Å². The lowest BCUT2D eigenvalue weighted by atomic mass is 10.1. The third kappa shape index (κ3) is 3.05. The van der Waals surface area contributed by atoms with Crippen LogP contribution in [0.4, 0.5) is 11.4 Å². The Bertz CT molecular complexity index is 621. The SMILES string of the molecule is Cc1nc(CNc2cc(C(=O)N(C)C)ccc2N)no1. The van der Waals surface area contributed by atoms with Crippen molar-refractivity contribution in [2.24, 2.45) is 0 Å². The summed E-state index contributed by atoms with van der Waals surface area (Å²) in [6.45, 7) is 2.10. The maximum Gasteiger partial charge on any atom is 0.253 e. The molecule has 106 valence electrons. The van der Waals surface area contributed by atoms with Crippen molar-refractivity contribution in [3.63, 3.8) is 0 Å². The molecule has 1 aromatic heterocycles. The van der Waals surface area contributed by atoms with E-state index in [0.29, 0.717) is 35.2 Å². The normalized spacial score (nSPS) is 10.3. The molecule has 2 aromatic rings. The van der Waals surface area contributed by atoms with E-state index in [1.165, 1.54) is 4.90 Å². The molecule has 0 aliphatic carbocycles. The topological polar surface area (TPSA) is 97.3 Å². The molecule has 0 saturated heterocycles. The zero-order valence-corrected chi connectivity index (χ0v) is 11.7. The Morgan fingerprint density at radius 3 is 2.80 bits per heavy atom. The zero-order valence-electron chi connectivity index (χ0n) is 11.7. The lowest BCUT2D eigenvalue weighted by Crippen LogP contribution is -2.21. The van der Waals surface area contributed by atoms with Crippen LogP contribution in [-0.2, 0) is 6.54 Å². The zero-order chi connectivity index (χ0) is 14.7. The van der Waals surface area contributed by atoms with Gasteiger partial charge in [0.2, 0.25) is 5.89 Å². The predicted molar refractivity (Wildman–Crippen MR) is 75.2 cm³/mol. The smallest absolute Gasteiger partial charge is 0.253 e. The van der Waals surface area contributed by atoms with Crippen LogP contribution in [0.2, 0.25) is 0 Å². The van der Waals surface area contributed by atoms with Crippen LogP contribution in [0.3, 0.4) is 0 Å². The molecule has 2 rings (SSSR count). The van der Waals surface area contributed by atoms with Gasteiger partial charge in [-0.1, -0.05) is 5.16 Å². The van der Waals surface area contributed by atoms with Gasteiger partial charge in [-0.2, -0.15) is 4.98 Å². The molecule has 0 spiro atoms. The number of carbonyl (C=O) groups excluding carboxylic acids is 1. The van der Waals surface area contributed by atoms with E-state index >= 15 is 0 Å². The number of aromatic nitrogens is 2. The standard InChI is InChI=1S/C13H17N5O2/c1-8-16-12(17-20-8)7-15-11-6-9(4-5-10(11)14)13(19)18(2)3/h4-6,15H,7,14H2,1-3H3. The Morgan fingerprint density at radius 1 is 1.45 bits per heavy atom. The molecule has 1 amide bonds. The highest BCUT2D eigenvalue weighted by molar-refractivity contribution is 5.95. The molecule has 3 N–H and O–H groups in total. The molecule has 0 aliphatic heterocycles. The first-order chi connectivity index (χ1) is 9.47. The van der Waals surface area contributed by atoms with Crippen LogP contribution in [0.1, 0.15) is 22.1 Å². The van der Waals surface area contributed by atoms with Gasteiger partial charge >= 0.3 is 0 Å². The molecule has 0 fully saturated rings. The Balaban J connectivity index is 2.14. The molecule has 0 saturated carbocycles. The Labute approximate surface area is 116 Å². The summed E-state index contributed by atoms with van der Waals surface area (Å²) in [4.78, 5) is 17.5. The monoisotopic (exact) mass is 275 g/mol. The highest BCUT2D eigenvalue weighted by Crippen LogP contribution is 2.21. The molecule has 0 aliphatic rings. The fraction of sp³-hybridized carbons (Fsp3) is 0.308. The molecule has 20 heavy (non-hydrogen) atoms. The van der Waals surface area contributed by atoms with E-state index < -0.39 is 0 Å². The van der Waals surface area contributed by atoms with Crippen LogP contribution in [0, 0.1) is 6.92 Å². The molecular formula is C13H17N5O2. The molecule has 0 atom stereocenters. The molecule has 7 heteroatoms. The lowest BCUT2D eigenvalue weighted by molar-refractivity contribution is 0.0827. The first kappa shape index (κ1) is 13.9. The summed E-state index contributed by atoms with van der Waals surface area (Å²) in [5.41, 5.74) is 7.67. The fourth-order valence-electron chi connectivity index (χ4n) is 1.69. The van der Waals surface area contributed by atoms with Gasteiger partial charge in [0.15, 0.2) is 5.82 Å². The maximum absolute atomic E-state index is 11.9. The van der Waals surface area contributed by atoms with Crippen LogP contribution in [-0.4, -0.2) is 35.0 Å². The van der Waals surface area contributed by atoms with E-state index in [9.17, 15) is 4.79 Å². The molecular weight excluding hydrogens is 258 g/mol. The van der Waals surface area contributed by atoms with Crippen molar-refractivity contribution in [1.82, 2.24) is 15.0 Å². The quantitative estimate of drug-likeness (QED) is 0.816. The number of hydrogen-bond donors (Lipinski definition) is 2. The van der Waals surface area contributed by atoms with E-state index in [1.54, 1.807) is 39.2 Å². The van der Waals surface area contributed by atoms with Gasteiger partial charge in [0.05, 0.1) is 17.9 Å². The van der Waals surface area contributed by atoms with Crippen LogP contribution in [0.15, 0.2) is 22.7 Å². The summed E-state index contributed by atoms with van der Waals surface area (Å²) in [6, 6.07) is 5.10. The number of nitrogens with one attached hydrogen (secondary N) is 1. The minimum absolute atomic E-state index is 0.0801. The summed E-state index contributed by atoms with van der Waals surface area (Å²) in [5, 5.41) is 6.88. The first-order valence-corrected chi connectivity index (χ1v) is 6.11. The molecule has 1 heterocycles. The average Bonchev–Trinajstić information content (AvgIpc) is 2.82. The summed E-state index contributed by atoms with van der Waals surface area (Å²) < 4.78 is 4.88. The van der Waals surface area contributed by atoms with Crippen LogP contribution in [0.5, 0.6) is 0 Å². The van der Waals surface area contributed by atoms with Gasteiger partial charge in [0.1, 0.15) is 0 Å². The molecule has 0 bridgehead atoms. The third-order valence-corrected chi connectivity index (χ3v) is 2.71. The summed E-state index contributed by atoms with van der Waals surface area (Å²) in [7, 11) is 3.40. The Morgan fingerprint density at radius 2 is 2.20 bits per heavy atom. The second-order valence-electron chi connectivity index (χ2n) is 4.58. The number of carbonyl (C=O) groups is 1. The number of benzene rings is 1. The number of nitrogen functional groups attached to an aromatic ring is 1. The summed E-state index contributed by atoms with van der Waals surface area (Å²) in [6.07, 6.45) is 0. The van der Waals surface area contributed by atoms with Crippen molar-refractivity contribution in [2.75, 3.05) is 25.1 Å². The fourth-order valence-corrected chi connectivity index (χ4v) is 1.69. The first-order valence-electron chi connectivity index (χ1n) is 6.11. The predicted octanol–water partition coefficient (Wildman–Crippen LogP) is 1.27. The Kier molecular flexibility index (Phi) is 3.88. The van der Waals surface area contributed by atoms with Crippen molar-refractivity contribution in [3.05, 3.63) is 35.5 Å². The minimum atomic E-state index is -0.0801. The highest BCUT2D eigenvalue weighted by Gasteiger charge is 2.11. The van der Waals surface area contributed by atoms with E-state index in [0.717, 1.165) is 0 Å². The second-order valence-corrected chi connectivity index (χ2v) is 4.58. The number of hydrogen-bond acceptors (Lipinski definition) is 6. The van der Waals surface area contributed by atoms with E-state index in [2.05, 4.69) is 15.5 Å². The largest absolute Gasteiger partial charge is 0.397 e. The van der Waals surface area contributed by atoms with Crippen LogP contribution in [0.25, 0.3) is 0 Å². The van der Waals surface area contributed by atoms with Gasteiger partial charge in [-0.25, -0.2) is 0 Å². The molecule has 1 aromatic carbocycles. The number of amides is 1. The Hall–Kier alpha value is -2.57. The van der Waals surface area contributed by atoms with Crippen LogP contribution < -0.4 is 11.1 Å². The van der Waals surface area contributed by atoms with Crippen molar-refractivity contribution < 1.29 is 9.32 Å². The average molecular weight is 275 g/mol. The molecule has 0 unspecified atom stereocenters. The van der Waals surface area contributed by atoms with Crippen molar-refractivity contribution >= 4 is 17.3 Å². The van der Waals surface area contributed by atoms with E-state index in [-0.39, 0.29) is 5.91 Å². The van der Waals surface area contributed by atoms with Gasteiger partial charge in [-0.3, -0.25) is 4.79 Å².